The van der Waals surface area contributed by atoms with Gasteiger partial charge in [0.2, 0.25) is 0 Å². The van der Waals surface area contributed by atoms with E-state index in [1.807, 2.05) is 7.05 Å². The van der Waals surface area contributed by atoms with Gasteiger partial charge in [0.1, 0.15) is 5.75 Å². The Morgan fingerprint density at radius 3 is 2.63 bits per heavy atom. The molecule has 0 saturated heterocycles. The van der Waals surface area contributed by atoms with Crippen LogP contribution in [0.5, 0.6) is 5.75 Å². The molecule has 1 atom stereocenters. The SMILES string of the molecule is CNC(CC1CCCC1)c1cc(Br)c(C)cc1OC. The molecule has 0 spiro atoms. The second kappa shape index (κ2) is 6.76. The zero-order valence-corrected chi connectivity index (χ0v) is 13.7. The van der Waals surface area contributed by atoms with Gasteiger partial charge < -0.3 is 10.1 Å². The Labute approximate surface area is 125 Å². The Morgan fingerprint density at radius 1 is 1.37 bits per heavy atom. The van der Waals surface area contributed by atoms with Crippen LogP contribution < -0.4 is 10.1 Å². The maximum atomic E-state index is 5.57. The summed E-state index contributed by atoms with van der Waals surface area (Å²) in [6, 6.07) is 4.72. The summed E-state index contributed by atoms with van der Waals surface area (Å²) < 4.78 is 6.73. The van der Waals surface area contributed by atoms with E-state index in [9.17, 15) is 0 Å². The van der Waals surface area contributed by atoms with Gasteiger partial charge in [-0.3, -0.25) is 0 Å². The molecular weight excluding hydrogens is 302 g/mol. The van der Waals surface area contributed by atoms with Crippen molar-refractivity contribution in [3.63, 3.8) is 0 Å². The molecule has 2 nitrogen and oxygen atoms in total. The average molecular weight is 326 g/mol. The quantitative estimate of drug-likeness (QED) is 0.853. The second-order valence-corrected chi connectivity index (χ2v) is 6.43. The summed E-state index contributed by atoms with van der Waals surface area (Å²) in [7, 11) is 3.81. The molecule has 1 aliphatic carbocycles. The van der Waals surface area contributed by atoms with Gasteiger partial charge in [0.15, 0.2) is 0 Å². The van der Waals surface area contributed by atoms with Gasteiger partial charge in [-0.2, -0.15) is 0 Å². The molecule has 1 fully saturated rings. The molecule has 1 saturated carbocycles. The number of aryl methyl sites for hydroxylation is 1. The van der Waals surface area contributed by atoms with Crippen LogP contribution in [0.4, 0.5) is 0 Å². The fourth-order valence-corrected chi connectivity index (χ4v) is 3.46. The van der Waals surface area contributed by atoms with Crippen LogP contribution in [0.2, 0.25) is 0 Å². The highest BCUT2D eigenvalue weighted by Gasteiger charge is 2.23. The van der Waals surface area contributed by atoms with E-state index in [-0.39, 0.29) is 0 Å². The zero-order valence-electron chi connectivity index (χ0n) is 12.1. The summed E-state index contributed by atoms with van der Waals surface area (Å²) in [5.41, 5.74) is 2.49. The first-order valence-corrected chi connectivity index (χ1v) is 7.96. The smallest absolute Gasteiger partial charge is 0.123 e. The molecule has 1 aromatic rings. The van der Waals surface area contributed by atoms with Gasteiger partial charge in [0, 0.05) is 16.1 Å². The molecule has 3 heteroatoms. The molecular formula is C16H24BrNO. The number of hydrogen-bond acceptors (Lipinski definition) is 2. The molecule has 0 aliphatic heterocycles. The molecule has 19 heavy (non-hydrogen) atoms. The highest BCUT2D eigenvalue weighted by atomic mass is 79.9. The molecule has 1 aliphatic rings. The third-order valence-corrected chi connectivity index (χ3v) is 5.13. The van der Waals surface area contributed by atoms with Crippen molar-refractivity contribution in [1.82, 2.24) is 5.32 Å². The van der Waals surface area contributed by atoms with Gasteiger partial charge in [-0.25, -0.2) is 0 Å². The monoisotopic (exact) mass is 325 g/mol. The van der Waals surface area contributed by atoms with E-state index in [1.54, 1.807) is 7.11 Å². The van der Waals surface area contributed by atoms with Crippen LogP contribution in [-0.4, -0.2) is 14.2 Å². The molecule has 0 aromatic heterocycles. The van der Waals surface area contributed by atoms with E-state index in [0.29, 0.717) is 6.04 Å². The van der Waals surface area contributed by atoms with E-state index in [2.05, 4.69) is 40.3 Å². The number of ether oxygens (including phenoxy) is 1. The van der Waals surface area contributed by atoms with Crippen LogP contribution in [0.1, 0.15) is 49.3 Å². The van der Waals surface area contributed by atoms with Crippen molar-refractivity contribution in [2.45, 2.75) is 45.1 Å². The molecule has 1 aromatic carbocycles. The summed E-state index contributed by atoms with van der Waals surface area (Å²) in [6.07, 6.45) is 6.77. The lowest BCUT2D eigenvalue weighted by Gasteiger charge is -2.23. The predicted molar refractivity (Wildman–Crippen MR) is 83.8 cm³/mol. The number of benzene rings is 1. The van der Waals surface area contributed by atoms with Crippen LogP contribution in [0.25, 0.3) is 0 Å². The Balaban J connectivity index is 2.23. The molecule has 0 radical (unpaired) electrons. The molecule has 106 valence electrons. The molecule has 0 amide bonds. The number of hydrogen-bond donors (Lipinski definition) is 1. The minimum atomic E-state index is 0.384. The van der Waals surface area contributed by atoms with E-state index in [1.165, 1.54) is 43.2 Å². The molecule has 0 bridgehead atoms. The van der Waals surface area contributed by atoms with Gasteiger partial charge in [-0.05, 0) is 44.0 Å². The molecule has 0 heterocycles. The van der Waals surface area contributed by atoms with Gasteiger partial charge in [-0.1, -0.05) is 41.6 Å². The molecule has 1 unspecified atom stereocenters. The number of halogens is 1. The predicted octanol–water partition coefficient (Wildman–Crippen LogP) is 4.61. The standard InChI is InChI=1S/C16H24BrNO/c1-11-8-16(19-3)13(10-14(11)17)15(18-2)9-12-6-4-5-7-12/h8,10,12,15,18H,4-7,9H2,1-3H3. The second-order valence-electron chi connectivity index (χ2n) is 5.57. The largest absolute Gasteiger partial charge is 0.496 e. The first-order chi connectivity index (χ1) is 9.15. The zero-order chi connectivity index (χ0) is 13.8. The lowest BCUT2D eigenvalue weighted by atomic mass is 9.92. The summed E-state index contributed by atoms with van der Waals surface area (Å²) in [5.74, 6) is 1.86. The summed E-state index contributed by atoms with van der Waals surface area (Å²) in [4.78, 5) is 0. The van der Waals surface area contributed by atoms with E-state index in [0.717, 1.165) is 16.1 Å². The van der Waals surface area contributed by atoms with Crippen molar-refractivity contribution in [2.75, 3.05) is 14.2 Å². The fourth-order valence-electron chi connectivity index (χ4n) is 3.10. The van der Waals surface area contributed by atoms with Gasteiger partial charge >= 0.3 is 0 Å². The molecule has 1 N–H and O–H groups in total. The minimum Gasteiger partial charge on any atom is -0.496 e. The van der Waals surface area contributed by atoms with Gasteiger partial charge in [-0.15, -0.1) is 0 Å². The Hall–Kier alpha value is -0.540. The lowest BCUT2D eigenvalue weighted by molar-refractivity contribution is 0.377. The normalized spacial score (nSPS) is 17.7. The van der Waals surface area contributed by atoms with Crippen molar-refractivity contribution in [3.8, 4) is 5.75 Å². The number of methoxy groups -OCH3 is 1. The Morgan fingerprint density at radius 2 is 2.05 bits per heavy atom. The molecule has 2 rings (SSSR count). The minimum absolute atomic E-state index is 0.384. The van der Waals surface area contributed by atoms with Crippen molar-refractivity contribution in [2.24, 2.45) is 5.92 Å². The summed E-state index contributed by atoms with van der Waals surface area (Å²) in [5, 5.41) is 3.47. The number of nitrogens with one attached hydrogen (secondary N) is 1. The average Bonchev–Trinajstić information content (AvgIpc) is 2.91. The van der Waals surface area contributed by atoms with Crippen molar-refractivity contribution in [1.29, 1.82) is 0 Å². The first-order valence-electron chi connectivity index (χ1n) is 7.17. The Bertz CT molecular complexity index is 427. The van der Waals surface area contributed by atoms with Crippen molar-refractivity contribution in [3.05, 3.63) is 27.7 Å². The topological polar surface area (TPSA) is 21.3 Å². The van der Waals surface area contributed by atoms with E-state index in [4.69, 9.17) is 4.74 Å². The maximum Gasteiger partial charge on any atom is 0.123 e. The van der Waals surface area contributed by atoms with Crippen LogP contribution in [-0.2, 0) is 0 Å². The third-order valence-electron chi connectivity index (χ3n) is 4.28. The highest BCUT2D eigenvalue weighted by Crippen LogP contribution is 2.37. The van der Waals surface area contributed by atoms with Crippen LogP contribution in [0, 0.1) is 12.8 Å². The van der Waals surface area contributed by atoms with Crippen LogP contribution in [0.15, 0.2) is 16.6 Å². The van der Waals surface area contributed by atoms with Crippen LogP contribution >= 0.6 is 15.9 Å². The third kappa shape index (κ3) is 3.51. The highest BCUT2D eigenvalue weighted by molar-refractivity contribution is 9.10. The summed E-state index contributed by atoms with van der Waals surface area (Å²) in [6.45, 7) is 2.10. The van der Waals surface area contributed by atoms with Gasteiger partial charge in [0.05, 0.1) is 7.11 Å². The van der Waals surface area contributed by atoms with Crippen molar-refractivity contribution >= 4 is 15.9 Å². The first kappa shape index (κ1) is 14.9. The fraction of sp³-hybridized carbons (Fsp3) is 0.625. The van der Waals surface area contributed by atoms with Crippen molar-refractivity contribution < 1.29 is 4.74 Å². The van der Waals surface area contributed by atoms with E-state index < -0.39 is 0 Å². The maximum absolute atomic E-state index is 5.57. The summed E-state index contributed by atoms with van der Waals surface area (Å²) >= 11 is 3.64. The van der Waals surface area contributed by atoms with Crippen LogP contribution in [0.3, 0.4) is 0 Å². The van der Waals surface area contributed by atoms with E-state index >= 15 is 0 Å². The Kier molecular flexibility index (Phi) is 5.28. The number of rotatable bonds is 5. The lowest BCUT2D eigenvalue weighted by Crippen LogP contribution is -2.20. The van der Waals surface area contributed by atoms with Gasteiger partial charge in [0.25, 0.3) is 0 Å².